The highest BCUT2D eigenvalue weighted by Crippen LogP contribution is 2.24. The van der Waals surface area contributed by atoms with Gasteiger partial charge in [0, 0.05) is 17.3 Å². The van der Waals surface area contributed by atoms with Crippen LogP contribution in [-0.4, -0.2) is 11.3 Å². The molecule has 0 atom stereocenters. The molecule has 2 aromatic rings. The van der Waals surface area contributed by atoms with Gasteiger partial charge in [-0.05, 0) is 18.6 Å². The van der Waals surface area contributed by atoms with E-state index >= 15 is 0 Å². The Balaban J connectivity index is 2.57. The van der Waals surface area contributed by atoms with Crippen LogP contribution in [0.3, 0.4) is 0 Å². The van der Waals surface area contributed by atoms with Crippen molar-refractivity contribution in [2.45, 2.75) is 6.92 Å². The fraction of sp³-hybridized carbons (Fsp3) is 0.0769. The third kappa shape index (κ3) is 1.97. The number of pyridine rings is 1. The van der Waals surface area contributed by atoms with Gasteiger partial charge in [-0.3, -0.25) is 9.78 Å². The molecule has 0 radical (unpaired) electrons. The molecule has 0 unspecified atom stereocenters. The molecule has 0 aliphatic heterocycles. The summed E-state index contributed by atoms with van der Waals surface area (Å²) >= 11 is 5.83. The van der Waals surface area contributed by atoms with Crippen LogP contribution in [0.25, 0.3) is 11.3 Å². The quantitative estimate of drug-likeness (QED) is 0.741. The van der Waals surface area contributed by atoms with Crippen molar-refractivity contribution in [1.82, 2.24) is 4.98 Å². The number of aldehydes is 1. The molecular weight excluding hydrogens is 222 g/mol. The van der Waals surface area contributed by atoms with Crippen LogP contribution in [0.15, 0.2) is 36.5 Å². The monoisotopic (exact) mass is 231 g/mol. The summed E-state index contributed by atoms with van der Waals surface area (Å²) in [7, 11) is 0. The molecule has 1 aromatic heterocycles. The van der Waals surface area contributed by atoms with Crippen LogP contribution in [0.1, 0.15) is 15.9 Å². The first kappa shape index (κ1) is 10.8. The van der Waals surface area contributed by atoms with E-state index in [0.29, 0.717) is 10.6 Å². The summed E-state index contributed by atoms with van der Waals surface area (Å²) in [5.41, 5.74) is 3.37. The summed E-state index contributed by atoms with van der Waals surface area (Å²) in [4.78, 5) is 15.0. The molecule has 0 saturated carbocycles. The van der Waals surface area contributed by atoms with E-state index < -0.39 is 0 Å². The molecular formula is C13H10ClNO. The molecule has 0 bridgehead atoms. The molecule has 80 valence electrons. The lowest BCUT2D eigenvalue weighted by Crippen LogP contribution is -1.90. The van der Waals surface area contributed by atoms with Crippen molar-refractivity contribution in [2.24, 2.45) is 0 Å². The Labute approximate surface area is 98.9 Å². The minimum atomic E-state index is 0.382. The molecule has 1 heterocycles. The summed E-state index contributed by atoms with van der Waals surface area (Å²) < 4.78 is 0. The van der Waals surface area contributed by atoms with Crippen LogP contribution in [-0.2, 0) is 0 Å². The first-order chi connectivity index (χ1) is 7.72. The van der Waals surface area contributed by atoms with E-state index in [4.69, 9.17) is 11.6 Å². The first-order valence-corrected chi connectivity index (χ1v) is 5.27. The van der Waals surface area contributed by atoms with Gasteiger partial charge in [-0.25, -0.2) is 0 Å². The van der Waals surface area contributed by atoms with Crippen LogP contribution in [0.4, 0.5) is 0 Å². The molecule has 16 heavy (non-hydrogen) atoms. The standard InChI is InChI=1S/C13H10ClNO/c1-9-4-2-3-5-11(9)13-6-10(8-16)12(14)7-15-13/h2-8H,1H3. The summed E-state index contributed by atoms with van der Waals surface area (Å²) in [6.07, 6.45) is 2.25. The Morgan fingerprint density at radius 3 is 2.75 bits per heavy atom. The fourth-order valence-corrected chi connectivity index (χ4v) is 1.70. The summed E-state index contributed by atoms with van der Waals surface area (Å²) in [6.45, 7) is 2.01. The molecule has 1 aromatic carbocycles. The van der Waals surface area contributed by atoms with Crippen molar-refractivity contribution in [3.63, 3.8) is 0 Å². The van der Waals surface area contributed by atoms with Crippen molar-refractivity contribution in [3.05, 3.63) is 52.7 Å². The zero-order chi connectivity index (χ0) is 11.5. The van der Waals surface area contributed by atoms with Crippen molar-refractivity contribution < 1.29 is 4.79 Å². The molecule has 0 saturated heterocycles. The number of aryl methyl sites for hydroxylation is 1. The fourth-order valence-electron chi connectivity index (χ4n) is 1.55. The number of nitrogens with zero attached hydrogens (tertiary/aromatic N) is 1. The zero-order valence-corrected chi connectivity index (χ0v) is 9.53. The van der Waals surface area contributed by atoms with Gasteiger partial charge < -0.3 is 0 Å². The van der Waals surface area contributed by atoms with Gasteiger partial charge in [-0.1, -0.05) is 35.9 Å². The number of benzene rings is 1. The predicted octanol–water partition coefficient (Wildman–Crippen LogP) is 3.52. The van der Waals surface area contributed by atoms with Gasteiger partial charge in [0.25, 0.3) is 0 Å². The van der Waals surface area contributed by atoms with Gasteiger partial charge in [0.1, 0.15) is 0 Å². The lowest BCUT2D eigenvalue weighted by molar-refractivity contribution is 0.112. The lowest BCUT2D eigenvalue weighted by atomic mass is 10.0. The van der Waals surface area contributed by atoms with Gasteiger partial charge in [0.15, 0.2) is 6.29 Å². The highest BCUT2D eigenvalue weighted by Gasteiger charge is 2.06. The second kappa shape index (κ2) is 4.45. The number of aromatic nitrogens is 1. The van der Waals surface area contributed by atoms with E-state index in [-0.39, 0.29) is 0 Å². The van der Waals surface area contributed by atoms with E-state index in [9.17, 15) is 4.79 Å². The molecule has 0 amide bonds. The number of carbonyl (C=O) groups excluding carboxylic acids is 1. The van der Waals surface area contributed by atoms with Crippen LogP contribution in [0, 0.1) is 6.92 Å². The van der Waals surface area contributed by atoms with Crippen molar-refractivity contribution >= 4 is 17.9 Å². The third-order valence-electron chi connectivity index (χ3n) is 2.43. The Morgan fingerprint density at radius 1 is 1.31 bits per heavy atom. The molecule has 0 aliphatic rings. The average Bonchev–Trinajstić information content (AvgIpc) is 2.31. The zero-order valence-electron chi connectivity index (χ0n) is 8.77. The average molecular weight is 232 g/mol. The third-order valence-corrected chi connectivity index (χ3v) is 2.75. The van der Waals surface area contributed by atoms with Crippen LogP contribution in [0.5, 0.6) is 0 Å². The first-order valence-electron chi connectivity index (χ1n) is 4.89. The predicted molar refractivity (Wildman–Crippen MR) is 64.8 cm³/mol. The maximum Gasteiger partial charge on any atom is 0.151 e. The number of halogens is 1. The van der Waals surface area contributed by atoms with E-state index in [1.807, 2.05) is 31.2 Å². The molecule has 2 nitrogen and oxygen atoms in total. The van der Waals surface area contributed by atoms with Gasteiger partial charge in [-0.2, -0.15) is 0 Å². The molecule has 0 spiro atoms. The smallest absolute Gasteiger partial charge is 0.151 e. The van der Waals surface area contributed by atoms with E-state index in [1.165, 1.54) is 6.20 Å². The normalized spacial score (nSPS) is 10.1. The maximum atomic E-state index is 10.8. The Kier molecular flexibility index (Phi) is 3.02. The van der Waals surface area contributed by atoms with Crippen LogP contribution in [0.2, 0.25) is 5.02 Å². The van der Waals surface area contributed by atoms with Crippen molar-refractivity contribution in [1.29, 1.82) is 0 Å². The van der Waals surface area contributed by atoms with Crippen molar-refractivity contribution in [2.75, 3.05) is 0 Å². The second-order valence-corrected chi connectivity index (χ2v) is 3.93. The van der Waals surface area contributed by atoms with Gasteiger partial charge >= 0.3 is 0 Å². The van der Waals surface area contributed by atoms with Crippen LogP contribution >= 0.6 is 11.6 Å². The molecule has 0 aliphatic carbocycles. The van der Waals surface area contributed by atoms with E-state index in [2.05, 4.69) is 4.98 Å². The summed E-state index contributed by atoms with van der Waals surface area (Å²) in [5.74, 6) is 0. The minimum absolute atomic E-state index is 0.382. The second-order valence-electron chi connectivity index (χ2n) is 3.52. The summed E-state index contributed by atoms with van der Waals surface area (Å²) in [5, 5.41) is 0.382. The van der Waals surface area contributed by atoms with Gasteiger partial charge in [0.2, 0.25) is 0 Å². The van der Waals surface area contributed by atoms with E-state index in [0.717, 1.165) is 23.1 Å². The number of carbonyl (C=O) groups is 1. The molecule has 2 rings (SSSR count). The van der Waals surface area contributed by atoms with Crippen LogP contribution < -0.4 is 0 Å². The van der Waals surface area contributed by atoms with Crippen molar-refractivity contribution in [3.8, 4) is 11.3 Å². The largest absolute Gasteiger partial charge is 0.298 e. The molecule has 0 fully saturated rings. The number of hydrogen-bond acceptors (Lipinski definition) is 2. The highest BCUT2D eigenvalue weighted by molar-refractivity contribution is 6.32. The minimum Gasteiger partial charge on any atom is -0.298 e. The lowest BCUT2D eigenvalue weighted by Gasteiger charge is -2.05. The number of hydrogen-bond donors (Lipinski definition) is 0. The van der Waals surface area contributed by atoms with Gasteiger partial charge in [0.05, 0.1) is 10.7 Å². The SMILES string of the molecule is Cc1ccccc1-c1cc(C=O)c(Cl)cn1. The topological polar surface area (TPSA) is 30.0 Å². The summed E-state index contributed by atoms with van der Waals surface area (Å²) in [6, 6.07) is 9.60. The number of rotatable bonds is 2. The maximum absolute atomic E-state index is 10.8. The molecule has 3 heteroatoms. The Morgan fingerprint density at radius 2 is 2.06 bits per heavy atom. The van der Waals surface area contributed by atoms with E-state index in [1.54, 1.807) is 6.07 Å². The van der Waals surface area contributed by atoms with Gasteiger partial charge in [-0.15, -0.1) is 0 Å². The Hall–Kier alpha value is -1.67. The highest BCUT2D eigenvalue weighted by atomic mass is 35.5. The Bertz CT molecular complexity index is 537. The molecule has 0 N–H and O–H groups in total.